The molecule has 0 unspecified atom stereocenters. The third-order valence-corrected chi connectivity index (χ3v) is 7.89. The van der Waals surface area contributed by atoms with Gasteiger partial charge in [0.1, 0.15) is 17.2 Å². The Bertz CT molecular complexity index is 1550. The van der Waals surface area contributed by atoms with Crippen molar-refractivity contribution in [1.29, 1.82) is 10.5 Å². The van der Waals surface area contributed by atoms with Crippen molar-refractivity contribution in [2.75, 3.05) is 0 Å². The lowest BCUT2D eigenvalue weighted by atomic mass is 9.48. The van der Waals surface area contributed by atoms with Crippen LogP contribution in [-0.2, 0) is 5.60 Å². The molecule has 1 saturated carbocycles. The third-order valence-electron chi connectivity index (χ3n) is 7.89. The maximum absolute atomic E-state index is 14.3. The maximum atomic E-state index is 14.3. The van der Waals surface area contributed by atoms with E-state index < -0.39 is 46.2 Å². The molecule has 4 nitrogen and oxygen atoms in total. The Morgan fingerprint density at radius 2 is 1.23 bits per heavy atom. The van der Waals surface area contributed by atoms with Gasteiger partial charge in [0.05, 0.1) is 18.1 Å². The average molecular weight is 519 g/mol. The van der Waals surface area contributed by atoms with Crippen LogP contribution in [0.15, 0.2) is 109 Å². The molecule has 1 N–H and O–H groups in total. The molecule has 0 bridgehead atoms. The van der Waals surface area contributed by atoms with Crippen LogP contribution in [0.2, 0.25) is 0 Å². The molecule has 1 aliphatic carbocycles. The lowest BCUT2D eigenvalue weighted by molar-refractivity contribution is -0.0783. The van der Waals surface area contributed by atoms with Crippen molar-refractivity contribution < 1.29 is 18.7 Å². The Balaban J connectivity index is 1.85. The van der Waals surface area contributed by atoms with E-state index in [-0.39, 0.29) is 6.42 Å². The fraction of sp³-hybridized carbons (Fsp3) is 0.182. The Morgan fingerprint density at radius 3 is 1.74 bits per heavy atom. The summed E-state index contributed by atoms with van der Waals surface area (Å²) in [5, 5.41) is 34.1. The van der Waals surface area contributed by atoms with Gasteiger partial charge in [-0.2, -0.15) is 10.5 Å². The van der Waals surface area contributed by atoms with Crippen LogP contribution in [0, 0.1) is 45.6 Å². The van der Waals surface area contributed by atoms with E-state index in [0.29, 0.717) is 22.3 Å². The predicted molar refractivity (Wildman–Crippen MR) is 141 cm³/mol. The molecule has 1 aliphatic rings. The topological polar surface area (TPSA) is 84.9 Å². The Labute approximate surface area is 225 Å². The molecule has 0 saturated heterocycles. The predicted octanol–water partition coefficient (Wildman–Crippen LogP) is 6.66. The lowest BCUT2D eigenvalue weighted by Gasteiger charge is -2.53. The molecular formula is C33H24F2N2O2. The number of carbonyl (C=O) groups is 1. The summed E-state index contributed by atoms with van der Waals surface area (Å²) >= 11 is 0. The lowest BCUT2D eigenvalue weighted by Crippen LogP contribution is -2.55. The number of hydrogen-bond donors (Lipinski definition) is 1. The SMILES string of the molecule is N#CC1(C#N)[C@H](c2ccc(F)cc2)C[C@](O)(c2ccccc2)[C@@H](C(=O)c2ccccc2)[C@@H]1c1ccc(F)cc1. The Morgan fingerprint density at radius 1 is 0.744 bits per heavy atom. The highest BCUT2D eigenvalue weighted by molar-refractivity contribution is 5.99. The van der Waals surface area contributed by atoms with E-state index >= 15 is 0 Å². The van der Waals surface area contributed by atoms with Gasteiger partial charge >= 0.3 is 0 Å². The molecule has 0 spiro atoms. The van der Waals surface area contributed by atoms with E-state index in [9.17, 15) is 29.2 Å². The highest BCUT2D eigenvalue weighted by Crippen LogP contribution is 2.63. The molecule has 4 aromatic rings. The highest BCUT2D eigenvalue weighted by Gasteiger charge is 2.64. The molecular weight excluding hydrogens is 494 g/mol. The van der Waals surface area contributed by atoms with Crippen molar-refractivity contribution in [3.05, 3.63) is 143 Å². The van der Waals surface area contributed by atoms with Gasteiger partial charge in [0, 0.05) is 17.4 Å². The third kappa shape index (κ3) is 4.40. The quantitative estimate of drug-likeness (QED) is 0.300. The van der Waals surface area contributed by atoms with Gasteiger partial charge in [-0.25, -0.2) is 8.78 Å². The van der Waals surface area contributed by atoms with Crippen LogP contribution >= 0.6 is 0 Å². The van der Waals surface area contributed by atoms with E-state index in [1.54, 1.807) is 60.7 Å². The van der Waals surface area contributed by atoms with Gasteiger partial charge in [0.15, 0.2) is 11.2 Å². The second-order valence-electron chi connectivity index (χ2n) is 9.93. The van der Waals surface area contributed by atoms with Crippen LogP contribution in [0.4, 0.5) is 8.78 Å². The van der Waals surface area contributed by atoms with Crippen LogP contribution < -0.4 is 0 Å². The summed E-state index contributed by atoms with van der Waals surface area (Å²) in [6.45, 7) is 0. The first-order valence-electron chi connectivity index (χ1n) is 12.5. The largest absolute Gasteiger partial charge is 0.384 e. The number of ketones is 1. The molecule has 1 fully saturated rings. The zero-order valence-electron chi connectivity index (χ0n) is 20.8. The van der Waals surface area contributed by atoms with Crippen LogP contribution in [0.3, 0.4) is 0 Å². The van der Waals surface area contributed by atoms with Gasteiger partial charge in [-0.3, -0.25) is 4.79 Å². The zero-order chi connectivity index (χ0) is 27.6. The van der Waals surface area contributed by atoms with Crippen molar-refractivity contribution in [3.8, 4) is 12.1 Å². The van der Waals surface area contributed by atoms with E-state index in [2.05, 4.69) is 12.1 Å². The Kier molecular flexibility index (Phi) is 6.83. The minimum Gasteiger partial charge on any atom is -0.384 e. The fourth-order valence-corrected chi connectivity index (χ4v) is 6.05. The van der Waals surface area contributed by atoms with Crippen LogP contribution in [-0.4, -0.2) is 10.9 Å². The van der Waals surface area contributed by atoms with E-state index in [1.807, 2.05) is 0 Å². The highest BCUT2D eigenvalue weighted by atomic mass is 19.1. The summed E-state index contributed by atoms with van der Waals surface area (Å²) < 4.78 is 27.9. The van der Waals surface area contributed by atoms with Crippen LogP contribution in [0.1, 0.15) is 45.3 Å². The summed E-state index contributed by atoms with van der Waals surface area (Å²) in [6.07, 6.45) is -0.148. The molecule has 0 heterocycles. The minimum atomic E-state index is -1.86. The summed E-state index contributed by atoms with van der Waals surface area (Å²) in [5.41, 5.74) is -2.08. The van der Waals surface area contributed by atoms with Crippen molar-refractivity contribution >= 4 is 5.78 Å². The van der Waals surface area contributed by atoms with Crippen molar-refractivity contribution in [2.45, 2.75) is 23.9 Å². The zero-order valence-corrected chi connectivity index (χ0v) is 20.8. The number of halogens is 2. The Hall–Kier alpha value is -4.65. The van der Waals surface area contributed by atoms with Crippen molar-refractivity contribution in [1.82, 2.24) is 0 Å². The molecule has 0 aromatic heterocycles. The monoisotopic (exact) mass is 518 g/mol. The van der Waals surface area contributed by atoms with Gasteiger partial charge in [-0.05, 0) is 47.4 Å². The molecule has 5 rings (SSSR count). The standard InChI is InChI=1S/C33H24F2N2O2/c34-26-15-11-22(12-16-26)28-19-33(39,25-9-5-2-6-10-25)30(31(38)24-7-3-1-4-8-24)29(32(28,20-36)21-37)23-13-17-27(35)18-14-23/h1-18,28-30,39H,19H2/t28-,29-,30+,33-/m0/s1. The van der Waals surface area contributed by atoms with Gasteiger partial charge in [-0.15, -0.1) is 0 Å². The van der Waals surface area contributed by atoms with Crippen molar-refractivity contribution in [3.63, 3.8) is 0 Å². The summed E-state index contributed by atoms with van der Waals surface area (Å²) in [5.74, 6) is -4.79. The number of Topliss-reactive ketones (excluding diaryl/α,β-unsaturated/α-hetero) is 1. The number of aliphatic hydroxyl groups is 1. The van der Waals surface area contributed by atoms with E-state index in [0.717, 1.165) is 0 Å². The minimum absolute atomic E-state index is 0.148. The number of benzene rings is 4. The molecule has 4 aromatic carbocycles. The second kappa shape index (κ2) is 10.3. The number of nitrogens with zero attached hydrogens (tertiary/aromatic N) is 2. The molecule has 4 atom stereocenters. The summed E-state index contributed by atoms with van der Waals surface area (Å²) in [4.78, 5) is 14.3. The number of nitriles is 2. The normalized spacial score (nSPS) is 23.8. The first-order valence-corrected chi connectivity index (χ1v) is 12.5. The van der Waals surface area contributed by atoms with Crippen LogP contribution in [0.5, 0.6) is 0 Å². The number of hydrogen-bond acceptors (Lipinski definition) is 4. The molecule has 0 amide bonds. The van der Waals surface area contributed by atoms with Gasteiger partial charge < -0.3 is 5.11 Å². The first-order chi connectivity index (χ1) is 18.8. The molecule has 0 radical (unpaired) electrons. The maximum Gasteiger partial charge on any atom is 0.169 e. The van der Waals surface area contributed by atoms with Gasteiger partial charge in [-0.1, -0.05) is 84.9 Å². The molecule has 39 heavy (non-hydrogen) atoms. The van der Waals surface area contributed by atoms with Crippen molar-refractivity contribution in [2.24, 2.45) is 11.3 Å². The van der Waals surface area contributed by atoms with Gasteiger partial charge in [0.25, 0.3) is 0 Å². The van der Waals surface area contributed by atoms with Crippen LogP contribution in [0.25, 0.3) is 0 Å². The van der Waals surface area contributed by atoms with E-state index in [4.69, 9.17) is 0 Å². The molecule has 192 valence electrons. The average Bonchev–Trinajstić information content (AvgIpc) is 2.98. The number of carbonyl (C=O) groups excluding carboxylic acids is 1. The molecule has 0 aliphatic heterocycles. The number of rotatable bonds is 5. The fourth-order valence-electron chi connectivity index (χ4n) is 6.05. The van der Waals surface area contributed by atoms with Gasteiger partial charge in [0.2, 0.25) is 0 Å². The second-order valence-corrected chi connectivity index (χ2v) is 9.93. The summed E-state index contributed by atoms with van der Waals surface area (Å²) in [7, 11) is 0. The smallest absolute Gasteiger partial charge is 0.169 e. The summed E-state index contributed by atoms with van der Waals surface area (Å²) in [6, 6.07) is 32.3. The van der Waals surface area contributed by atoms with E-state index in [1.165, 1.54) is 48.5 Å². The first kappa shape index (κ1) is 26.0. The molecule has 6 heteroatoms.